The van der Waals surface area contributed by atoms with Crippen molar-refractivity contribution in [2.45, 2.75) is 26.8 Å². The molecule has 84 valence electrons. The first-order valence-electron chi connectivity index (χ1n) is 5.67. The van der Waals surface area contributed by atoms with Gasteiger partial charge in [0.1, 0.15) is 12.7 Å². The topological polar surface area (TPSA) is 39.9 Å². The minimum absolute atomic E-state index is 0.584. The average Bonchev–Trinajstić information content (AvgIpc) is 2.71. The number of nitrogens with zero attached hydrogens (tertiary/aromatic N) is 3. The van der Waals surface area contributed by atoms with Crippen LogP contribution < -0.4 is 0 Å². The van der Waals surface area contributed by atoms with E-state index in [0.717, 1.165) is 31.6 Å². The highest BCUT2D eigenvalue weighted by Gasteiger charge is 2.28. The van der Waals surface area contributed by atoms with Gasteiger partial charge in [0.2, 0.25) is 0 Å². The lowest BCUT2D eigenvalue weighted by molar-refractivity contribution is -0.00708. The molecule has 0 unspecified atom stereocenters. The van der Waals surface area contributed by atoms with Crippen LogP contribution in [-0.4, -0.2) is 28.0 Å². The summed E-state index contributed by atoms with van der Waals surface area (Å²) in [6.07, 6.45) is 4.55. The molecule has 0 aromatic carbocycles. The molecule has 1 saturated heterocycles. The van der Waals surface area contributed by atoms with Crippen LogP contribution in [0.2, 0.25) is 0 Å². The summed E-state index contributed by atoms with van der Waals surface area (Å²) >= 11 is 0. The summed E-state index contributed by atoms with van der Waals surface area (Å²) in [5.74, 6) is 2.06. The Morgan fingerprint density at radius 1 is 1.53 bits per heavy atom. The molecule has 4 heteroatoms. The third-order valence-electron chi connectivity index (χ3n) is 3.28. The number of ether oxygens (including phenoxy) is 1. The highest BCUT2D eigenvalue weighted by atomic mass is 16.5. The van der Waals surface area contributed by atoms with Gasteiger partial charge in [-0.2, -0.15) is 5.10 Å². The van der Waals surface area contributed by atoms with E-state index >= 15 is 0 Å². The molecule has 0 radical (unpaired) electrons. The standard InChI is InChI=1S/C11H19N3O/c1-9(2)11-3-4-15-6-10(11)5-14-8-12-7-13-14/h7-11H,3-6H2,1-2H3/t10-,11-/m1/s1. The van der Waals surface area contributed by atoms with Gasteiger partial charge in [0.15, 0.2) is 0 Å². The zero-order valence-corrected chi connectivity index (χ0v) is 9.47. The molecule has 0 amide bonds. The molecular formula is C11H19N3O. The van der Waals surface area contributed by atoms with E-state index in [0.29, 0.717) is 5.92 Å². The lowest BCUT2D eigenvalue weighted by atomic mass is 9.80. The fourth-order valence-corrected chi connectivity index (χ4v) is 2.45. The molecule has 0 N–H and O–H groups in total. The summed E-state index contributed by atoms with van der Waals surface area (Å²) in [6.45, 7) is 7.30. The van der Waals surface area contributed by atoms with E-state index in [9.17, 15) is 0 Å². The second-order valence-corrected chi connectivity index (χ2v) is 4.65. The number of hydrogen-bond acceptors (Lipinski definition) is 3. The molecule has 1 fully saturated rings. The maximum atomic E-state index is 5.55. The third kappa shape index (κ3) is 2.56. The van der Waals surface area contributed by atoms with Gasteiger partial charge >= 0.3 is 0 Å². The molecule has 0 aliphatic carbocycles. The van der Waals surface area contributed by atoms with Gasteiger partial charge in [-0.1, -0.05) is 13.8 Å². The summed E-state index contributed by atoms with van der Waals surface area (Å²) in [6, 6.07) is 0. The van der Waals surface area contributed by atoms with Crippen molar-refractivity contribution >= 4 is 0 Å². The monoisotopic (exact) mass is 209 g/mol. The summed E-state index contributed by atoms with van der Waals surface area (Å²) in [5.41, 5.74) is 0. The molecule has 4 nitrogen and oxygen atoms in total. The van der Waals surface area contributed by atoms with Crippen LogP contribution in [0.15, 0.2) is 12.7 Å². The molecule has 2 heterocycles. The first-order valence-corrected chi connectivity index (χ1v) is 5.67. The Morgan fingerprint density at radius 2 is 2.40 bits per heavy atom. The van der Waals surface area contributed by atoms with Crippen molar-refractivity contribution in [1.82, 2.24) is 14.8 Å². The van der Waals surface area contributed by atoms with Gasteiger partial charge in [-0.3, -0.25) is 4.68 Å². The summed E-state index contributed by atoms with van der Waals surface area (Å²) < 4.78 is 7.46. The van der Waals surface area contributed by atoms with Gasteiger partial charge in [0.05, 0.1) is 6.61 Å². The summed E-state index contributed by atoms with van der Waals surface area (Å²) in [7, 11) is 0. The first-order chi connectivity index (χ1) is 7.27. The van der Waals surface area contributed by atoms with Gasteiger partial charge in [-0.25, -0.2) is 4.98 Å². The second-order valence-electron chi connectivity index (χ2n) is 4.65. The van der Waals surface area contributed by atoms with Crippen LogP contribution in [0.3, 0.4) is 0 Å². The Balaban J connectivity index is 1.99. The Hall–Kier alpha value is -0.900. The summed E-state index contributed by atoms with van der Waals surface area (Å²) in [5, 5.41) is 4.15. The van der Waals surface area contributed by atoms with Crippen molar-refractivity contribution in [3.63, 3.8) is 0 Å². The highest BCUT2D eigenvalue weighted by Crippen LogP contribution is 2.29. The van der Waals surface area contributed by atoms with Crippen LogP contribution in [-0.2, 0) is 11.3 Å². The molecule has 0 spiro atoms. The van der Waals surface area contributed by atoms with Crippen molar-refractivity contribution in [3.8, 4) is 0 Å². The second kappa shape index (κ2) is 4.75. The molecule has 0 bridgehead atoms. The maximum Gasteiger partial charge on any atom is 0.137 e. The van der Waals surface area contributed by atoms with Crippen LogP contribution in [0.5, 0.6) is 0 Å². The SMILES string of the molecule is CC(C)[C@H]1CCOC[C@H]1Cn1cncn1. The molecule has 2 atom stereocenters. The predicted octanol–water partition coefficient (Wildman–Crippen LogP) is 1.59. The molecule has 0 saturated carbocycles. The van der Waals surface area contributed by atoms with Gasteiger partial charge in [0, 0.05) is 19.1 Å². The molecule has 1 aliphatic rings. The van der Waals surface area contributed by atoms with Crippen molar-refractivity contribution in [3.05, 3.63) is 12.7 Å². The average molecular weight is 209 g/mol. The lowest BCUT2D eigenvalue weighted by Crippen LogP contribution is -2.34. The van der Waals surface area contributed by atoms with E-state index in [2.05, 4.69) is 23.9 Å². The van der Waals surface area contributed by atoms with Crippen LogP contribution in [0, 0.1) is 17.8 Å². The smallest absolute Gasteiger partial charge is 0.137 e. The molecule has 1 aliphatic heterocycles. The third-order valence-corrected chi connectivity index (χ3v) is 3.28. The van der Waals surface area contributed by atoms with Gasteiger partial charge < -0.3 is 4.74 Å². The van der Waals surface area contributed by atoms with E-state index in [1.54, 1.807) is 12.7 Å². The molecule has 1 aromatic rings. The van der Waals surface area contributed by atoms with E-state index in [1.165, 1.54) is 6.42 Å². The largest absolute Gasteiger partial charge is 0.381 e. The zero-order valence-electron chi connectivity index (χ0n) is 9.47. The Bertz CT molecular complexity index is 284. The van der Waals surface area contributed by atoms with E-state index in [-0.39, 0.29) is 0 Å². The zero-order chi connectivity index (χ0) is 10.7. The van der Waals surface area contributed by atoms with Crippen LogP contribution in [0.4, 0.5) is 0 Å². The molecule has 15 heavy (non-hydrogen) atoms. The Kier molecular flexibility index (Phi) is 3.36. The maximum absolute atomic E-state index is 5.55. The van der Waals surface area contributed by atoms with Crippen LogP contribution >= 0.6 is 0 Å². The Labute approximate surface area is 90.7 Å². The van der Waals surface area contributed by atoms with E-state index in [1.807, 2.05) is 4.68 Å². The van der Waals surface area contributed by atoms with Gasteiger partial charge in [-0.05, 0) is 18.3 Å². The summed E-state index contributed by atoms with van der Waals surface area (Å²) in [4.78, 5) is 3.97. The Morgan fingerprint density at radius 3 is 3.07 bits per heavy atom. The van der Waals surface area contributed by atoms with Gasteiger partial charge in [0.25, 0.3) is 0 Å². The van der Waals surface area contributed by atoms with Crippen LogP contribution in [0.1, 0.15) is 20.3 Å². The fourth-order valence-electron chi connectivity index (χ4n) is 2.45. The molecular weight excluding hydrogens is 190 g/mol. The lowest BCUT2D eigenvalue weighted by Gasteiger charge is -2.34. The predicted molar refractivity (Wildman–Crippen MR) is 57.3 cm³/mol. The molecule has 2 rings (SSSR count). The minimum Gasteiger partial charge on any atom is -0.381 e. The van der Waals surface area contributed by atoms with Crippen molar-refractivity contribution in [1.29, 1.82) is 0 Å². The minimum atomic E-state index is 0.584. The fraction of sp³-hybridized carbons (Fsp3) is 0.818. The highest BCUT2D eigenvalue weighted by molar-refractivity contribution is 4.76. The van der Waals surface area contributed by atoms with Crippen molar-refractivity contribution < 1.29 is 4.74 Å². The molecule has 1 aromatic heterocycles. The number of hydrogen-bond donors (Lipinski definition) is 0. The quantitative estimate of drug-likeness (QED) is 0.759. The van der Waals surface area contributed by atoms with E-state index < -0.39 is 0 Å². The number of aromatic nitrogens is 3. The van der Waals surface area contributed by atoms with Crippen LogP contribution in [0.25, 0.3) is 0 Å². The first kappa shape index (κ1) is 10.6. The van der Waals surface area contributed by atoms with Crippen molar-refractivity contribution in [2.75, 3.05) is 13.2 Å². The van der Waals surface area contributed by atoms with Gasteiger partial charge in [-0.15, -0.1) is 0 Å². The van der Waals surface area contributed by atoms with E-state index in [4.69, 9.17) is 4.74 Å². The normalized spacial score (nSPS) is 27.1. The van der Waals surface area contributed by atoms with Crippen molar-refractivity contribution in [2.24, 2.45) is 17.8 Å². The number of rotatable bonds is 3.